The predicted molar refractivity (Wildman–Crippen MR) is 49.1 cm³/mol. The Morgan fingerprint density at radius 3 is 2.36 bits per heavy atom. The highest BCUT2D eigenvalue weighted by Crippen LogP contribution is 2.17. The molecule has 0 aliphatic carbocycles. The number of hydrogen-bond donors (Lipinski definition) is 0. The summed E-state index contributed by atoms with van der Waals surface area (Å²) in [6.45, 7) is 0. The van der Waals surface area contributed by atoms with Crippen molar-refractivity contribution in [3.05, 3.63) is 29.3 Å². The van der Waals surface area contributed by atoms with Gasteiger partial charge in [0.25, 0.3) is 6.08 Å². The van der Waals surface area contributed by atoms with Crippen molar-refractivity contribution in [1.29, 1.82) is 0 Å². The van der Waals surface area contributed by atoms with Crippen LogP contribution in [0.5, 0.6) is 5.75 Å². The van der Waals surface area contributed by atoms with E-state index in [4.69, 9.17) is 11.6 Å². The third kappa shape index (κ3) is 3.18. The lowest BCUT2D eigenvalue weighted by Gasteiger charge is -1.99. The normalized spacial score (nSPS) is 10.4. The Morgan fingerprint density at radius 2 is 1.86 bits per heavy atom. The van der Waals surface area contributed by atoms with E-state index in [0.29, 0.717) is 5.02 Å². The maximum atomic E-state index is 10.8. The van der Waals surface area contributed by atoms with Crippen molar-refractivity contribution < 1.29 is 17.4 Å². The van der Waals surface area contributed by atoms with E-state index in [1.807, 2.05) is 0 Å². The van der Waals surface area contributed by atoms with E-state index in [1.165, 1.54) is 24.3 Å². The summed E-state index contributed by atoms with van der Waals surface area (Å²) < 4.78 is 28.5. The van der Waals surface area contributed by atoms with E-state index in [1.54, 1.807) is 0 Å². The van der Waals surface area contributed by atoms with Gasteiger partial charge in [-0.2, -0.15) is 8.42 Å². The fourth-order valence-electron chi connectivity index (χ4n) is 0.676. The second-order valence-electron chi connectivity index (χ2n) is 2.15. The van der Waals surface area contributed by atoms with Crippen molar-refractivity contribution in [3.63, 3.8) is 0 Å². The number of nitrogens with zero attached hydrogens (tertiary/aromatic N) is 1. The number of rotatable bonds is 3. The molecule has 0 radical (unpaired) electrons. The van der Waals surface area contributed by atoms with Crippen LogP contribution in [0.15, 0.2) is 28.7 Å². The minimum absolute atomic E-state index is 0.0217. The highest BCUT2D eigenvalue weighted by molar-refractivity contribution is 7.85. The summed E-state index contributed by atoms with van der Waals surface area (Å²) in [5.74, 6) is 0.0217. The van der Waals surface area contributed by atoms with Crippen LogP contribution in [0.1, 0.15) is 0 Å². The Bertz CT molecular complexity index is 461. The Labute approximate surface area is 85.2 Å². The molecule has 0 saturated carbocycles. The highest BCUT2D eigenvalue weighted by Gasteiger charge is 2.09. The predicted octanol–water partition coefficient (Wildman–Crippen LogP) is 1.30. The summed E-state index contributed by atoms with van der Waals surface area (Å²) in [6, 6.07) is 5.55. The number of isocyanates is 1. The van der Waals surface area contributed by atoms with E-state index in [0.717, 1.165) is 6.08 Å². The van der Waals surface area contributed by atoms with Crippen LogP contribution in [0.2, 0.25) is 5.02 Å². The van der Waals surface area contributed by atoms with Gasteiger partial charge < -0.3 is 4.18 Å². The van der Waals surface area contributed by atoms with Crippen molar-refractivity contribution in [3.8, 4) is 5.75 Å². The van der Waals surface area contributed by atoms with E-state index >= 15 is 0 Å². The maximum absolute atomic E-state index is 10.8. The lowest BCUT2D eigenvalue weighted by atomic mass is 10.3. The Hall–Kier alpha value is -1.36. The van der Waals surface area contributed by atoms with Gasteiger partial charge in [-0.3, -0.25) is 0 Å². The van der Waals surface area contributed by atoms with Crippen LogP contribution < -0.4 is 4.18 Å². The quantitative estimate of drug-likeness (QED) is 0.583. The van der Waals surface area contributed by atoms with Gasteiger partial charge in [-0.25, -0.2) is 4.79 Å². The first kappa shape index (κ1) is 10.7. The molecule has 0 spiro atoms. The highest BCUT2D eigenvalue weighted by atomic mass is 35.5. The van der Waals surface area contributed by atoms with E-state index < -0.39 is 10.3 Å². The first-order valence-corrected chi connectivity index (χ1v) is 5.07. The maximum Gasteiger partial charge on any atom is 0.439 e. The molecule has 14 heavy (non-hydrogen) atoms. The lowest BCUT2D eigenvalue weighted by Crippen LogP contribution is -2.04. The summed E-state index contributed by atoms with van der Waals surface area (Å²) >= 11 is 5.55. The molecule has 0 unspecified atom stereocenters. The average Bonchev–Trinajstić information content (AvgIpc) is 2.08. The third-order valence-electron chi connectivity index (χ3n) is 1.16. The fourth-order valence-corrected chi connectivity index (χ4v) is 1.28. The van der Waals surface area contributed by atoms with Gasteiger partial charge in [-0.15, -0.1) is 0 Å². The molecule has 0 saturated heterocycles. The van der Waals surface area contributed by atoms with Gasteiger partial charge in [0.15, 0.2) is 0 Å². The molecule has 0 bridgehead atoms. The number of carbonyl (C=O) groups excluding carboxylic acids is 1. The van der Waals surface area contributed by atoms with Gasteiger partial charge in [0.05, 0.1) is 0 Å². The lowest BCUT2D eigenvalue weighted by molar-refractivity contribution is 0.487. The van der Waals surface area contributed by atoms with Crippen LogP contribution in [0, 0.1) is 0 Å². The van der Waals surface area contributed by atoms with Crippen LogP contribution in [-0.4, -0.2) is 14.5 Å². The summed E-state index contributed by atoms with van der Waals surface area (Å²) in [5.41, 5.74) is 0. The topological polar surface area (TPSA) is 72.8 Å². The summed E-state index contributed by atoms with van der Waals surface area (Å²) in [6.07, 6.45) is 0.876. The minimum atomic E-state index is -4.24. The van der Waals surface area contributed by atoms with Crippen LogP contribution >= 0.6 is 11.6 Å². The molecule has 0 heterocycles. The molecule has 0 amide bonds. The number of benzene rings is 1. The zero-order valence-electron chi connectivity index (χ0n) is 6.68. The molecule has 1 aromatic carbocycles. The average molecular weight is 234 g/mol. The van der Waals surface area contributed by atoms with Crippen LogP contribution in [-0.2, 0) is 15.1 Å². The molecule has 0 fully saturated rings. The summed E-state index contributed by atoms with van der Waals surface area (Å²) in [5, 5.41) is 0.439. The molecule has 74 valence electrons. The van der Waals surface area contributed by atoms with Gasteiger partial charge in [0.1, 0.15) is 5.75 Å². The first-order chi connectivity index (χ1) is 6.53. The zero-order valence-corrected chi connectivity index (χ0v) is 8.25. The Balaban J connectivity index is 2.90. The van der Waals surface area contributed by atoms with E-state index in [2.05, 4.69) is 8.58 Å². The SMILES string of the molecule is O=C=NS(=O)(=O)Oc1ccc(Cl)cc1. The summed E-state index contributed by atoms with van der Waals surface area (Å²) in [4.78, 5) is 9.69. The van der Waals surface area contributed by atoms with Crippen LogP contribution in [0.3, 0.4) is 0 Å². The molecule has 5 nitrogen and oxygen atoms in total. The van der Waals surface area contributed by atoms with Crippen molar-refractivity contribution in [1.82, 2.24) is 0 Å². The molecule has 0 N–H and O–H groups in total. The van der Waals surface area contributed by atoms with Gasteiger partial charge in [-0.05, 0) is 28.7 Å². The van der Waals surface area contributed by atoms with Crippen molar-refractivity contribution in [2.45, 2.75) is 0 Å². The van der Waals surface area contributed by atoms with Gasteiger partial charge >= 0.3 is 10.3 Å². The number of halogens is 1. The largest absolute Gasteiger partial charge is 0.439 e. The van der Waals surface area contributed by atoms with Crippen molar-refractivity contribution in [2.75, 3.05) is 0 Å². The fraction of sp³-hybridized carbons (Fsp3) is 0. The molecular formula is C7H4ClNO4S. The first-order valence-electron chi connectivity index (χ1n) is 3.32. The molecule has 7 heteroatoms. The smallest absolute Gasteiger partial charge is 0.365 e. The van der Waals surface area contributed by atoms with E-state index in [-0.39, 0.29) is 5.75 Å². The van der Waals surface area contributed by atoms with Crippen LogP contribution in [0.25, 0.3) is 0 Å². The molecule has 1 rings (SSSR count). The van der Waals surface area contributed by atoms with E-state index in [9.17, 15) is 13.2 Å². The molecule has 0 aliphatic rings. The van der Waals surface area contributed by atoms with Gasteiger partial charge in [-0.1, -0.05) is 11.6 Å². The molecule has 0 atom stereocenters. The Morgan fingerprint density at radius 1 is 1.29 bits per heavy atom. The molecule has 0 aliphatic heterocycles. The monoisotopic (exact) mass is 233 g/mol. The van der Waals surface area contributed by atoms with Crippen LogP contribution in [0.4, 0.5) is 0 Å². The number of hydrogen-bond acceptors (Lipinski definition) is 4. The second kappa shape index (κ2) is 4.23. The second-order valence-corrected chi connectivity index (χ2v) is 3.79. The minimum Gasteiger partial charge on any atom is -0.365 e. The standard InChI is InChI=1S/C7H4ClNO4S/c8-6-1-3-7(4-2-6)13-14(11,12)9-5-10/h1-4H. The van der Waals surface area contributed by atoms with Crippen molar-refractivity contribution >= 4 is 28.0 Å². The third-order valence-corrected chi connectivity index (χ3v) is 2.12. The summed E-state index contributed by atoms with van der Waals surface area (Å²) in [7, 11) is -4.24. The zero-order chi connectivity index (χ0) is 10.6. The van der Waals surface area contributed by atoms with Gasteiger partial charge in [0.2, 0.25) is 0 Å². The Kier molecular flexibility index (Phi) is 3.24. The molecule has 0 aromatic heterocycles. The van der Waals surface area contributed by atoms with Gasteiger partial charge in [0, 0.05) is 5.02 Å². The molecule has 1 aromatic rings. The van der Waals surface area contributed by atoms with Crippen molar-refractivity contribution in [2.24, 2.45) is 4.40 Å². The molecular weight excluding hydrogens is 230 g/mol.